The second-order valence-electron chi connectivity index (χ2n) is 3.45. The predicted molar refractivity (Wildman–Crippen MR) is 49.3 cm³/mol. The summed E-state index contributed by atoms with van der Waals surface area (Å²) in [5.74, 6) is 0. The molecule has 0 aliphatic carbocycles. The molecular weight excluding hydrogens is 166 g/mol. The minimum atomic E-state index is 0.0349. The summed E-state index contributed by atoms with van der Waals surface area (Å²) in [6.45, 7) is 2.14. The van der Waals surface area contributed by atoms with Crippen LogP contribution in [-0.2, 0) is 6.61 Å². The van der Waals surface area contributed by atoms with E-state index in [-0.39, 0.29) is 6.61 Å². The van der Waals surface area contributed by atoms with Gasteiger partial charge in [0.2, 0.25) is 0 Å². The van der Waals surface area contributed by atoms with E-state index in [9.17, 15) is 0 Å². The van der Waals surface area contributed by atoms with Crippen molar-refractivity contribution < 1.29 is 5.11 Å². The van der Waals surface area contributed by atoms with Gasteiger partial charge in [-0.25, -0.2) is 0 Å². The first-order valence-corrected chi connectivity index (χ1v) is 4.76. The maximum absolute atomic E-state index is 8.86. The van der Waals surface area contributed by atoms with Crippen molar-refractivity contribution in [2.45, 2.75) is 25.5 Å². The molecule has 2 N–H and O–H groups in total. The fourth-order valence-electron chi connectivity index (χ4n) is 1.72. The van der Waals surface area contributed by atoms with Crippen molar-refractivity contribution in [3.8, 4) is 0 Å². The molecule has 0 saturated carbocycles. The molecule has 0 aromatic carbocycles. The van der Waals surface area contributed by atoms with Gasteiger partial charge in [0.15, 0.2) is 0 Å². The molecule has 4 nitrogen and oxygen atoms in total. The maximum atomic E-state index is 8.86. The molecule has 2 heterocycles. The molecule has 0 bridgehead atoms. The number of aromatic nitrogens is 2. The maximum Gasteiger partial charge on any atom is 0.0879 e. The highest BCUT2D eigenvalue weighted by Gasteiger charge is 2.14. The molecule has 1 atom stereocenters. The number of rotatable bonds is 2. The Morgan fingerprint density at radius 3 is 3.23 bits per heavy atom. The van der Waals surface area contributed by atoms with E-state index in [1.807, 2.05) is 16.9 Å². The van der Waals surface area contributed by atoms with E-state index in [0.29, 0.717) is 6.04 Å². The number of aliphatic hydroxyl groups is 1. The molecule has 0 spiro atoms. The summed E-state index contributed by atoms with van der Waals surface area (Å²) in [4.78, 5) is 0. The number of nitrogens with one attached hydrogen (secondary N) is 1. The number of nitrogens with zero attached hydrogens (tertiary/aromatic N) is 2. The molecule has 1 aromatic heterocycles. The first-order chi connectivity index (χ1) is 6.40. The lowest BCUT2D eigenvalue weighted by atomic mass is 10.1. The van der Waals surface area contributed by atoms with Crippen LogP contribution in [0.3, 0.4) is 0 Å². The number of piperidine rings is 1. The van der Waals surface area contributed by atoms with Gasteiger partial charge in [0.05, 0.1) is 18.3 Å². The van der Waals surface area contributed by atoms with Crippen LogP contribution in [0.2, 0.25) is 0 Å². The highest BCUT2D eigenvalue weighted by Crippen LogP contribution is 2.15. The van der Waals surface area contributed by atoms with Crippen LogP contribution in [0, 0.1) is 0 Å². The Morgan fingerprint density at radius 1 is 1.69 bits per heavy atom. The summed E-state index contributed by atoms with van der Waals surface area (Å²) >= 11 is 0. The van der Waals surface area contributed by atoms with Gasteiger partial charge in [-0.3, -0.25) is 4.68 Å². The Balaban J connectivity index is 2.05. The molecule has 1 aliphatic rings. The van der Waals surface area contributed by atoms with E-state index in [0.717, 1.165) is 18.8 Å². The van der Waals surface area contributed by atoms with Gasteiger partial charge in [-0.1, -0.05) is 0 Å². The average Bonchev–Trinajstić information content (AvgIpc) is 2.67. The second kappa shape index (κ2) is 3.89. The van der Waals surface area contributed by atoms with Crippen molar-refractivity contribution >= 4 is 0 Å². The molecule has 0 radical (unpaired) electrons. The molecule has 1 fully saturated rings. The summed E-state index contributed by atoms with van der Waals surface area (Å²) in [5, 5.41) is 16.5. The minimum absolute atomic E-state index is 0.0349. The Hall–Kier alpha value is -0.870. The first-order valence-electron chi connectivity index (χ1n) is 4.76. The van der Waals surface area contributed by atoms with Gasteiger partial charge in [-0.2, -0.15) is 5.10 Å². The van der Waals surface area contributed by atoms with Gasteiger partial charge < -0.3 is 10.4 Å². The Morgan fingerprint density at radius 2 is 2.62 bits per heavy atom. The molecule has 1 aliphatic heterocycles. The monoisotopic (exact) mass is 181 g/mol. The topological polar surface area (TPSA) is 50.1 Å². The fraction of sp³-hybridized carbons (Fsp3) is 0.667. The third-order valence-corrected chi connectivity index (χ3v) is 2.47. The normalized spacial score (nSPS) is 23.3. The molecule has 1 aromatic rings. The summed E-state index contributed by atoms with van der Waals surface area (Å²) in [6, 6.07) is 2.34. The standard InChI is InChI=1S/C9H15N3O/c13-7-8-3-5-12(11-8)9-2-1-4-10-6-9/h3,5,9-10,13H,1-2,4,6-7H2/t9-/m0/s1. The molecule has 4 heteroatoms. The molecular formula is C9H15N3O. The summed E-state index contributed by atoms with van der Waals surface area (Å²) in [6.07, 6.45) is 4.34. The lowest BCUT2D eigenvalue weighted by Gasteiger charge is -2.22. The van der Waals surface area contributed by atoms with Crippen molar-refractivity contribution in [2.75, 3.05) is 13.1 Å². The fourth-order valence-corrected chi connectivity index (χ4v) is 1.72. The SMILES string of the molecule is OCc1ccn([C@H]2CCCNC2)n1. The van der Waals surface area contributed by atoms with E-state index < -0.39 is 0 Å². The molecule has 2 rings (SSSR count). The zero-order valence-electron chi connectivity index (χ0n) is 7.61. The minimum Gasteiger partial charge on any atom is -0.390 e. The molecule has 0 amide bonds. The summed E-state index contributed by atoms with van der Waals surface area (Å²) in [7, 11) is 0. The third kappa shape index (κ3) is 1.89. The Bertz CT molecular complexity index is 266. The van der Waals surface area contributed by atoms with Gasteiger partial charge >= 0.3 is 0 Å². The molecule has 13 heavy (non-hydrogen) atoms. The van der Waals surface area contributed by atoms with Crippen LogP contribution in [0.25, 0.3) is 0 Å². The van der Waals surface area contributed by atoms with Crippen LogP contribution in [0.15, 0.2) is 12.3 Å². The van der Waals surface area contributed by atoms with Crippen molar-refractivity contribution in [1.29, 1.82) is 0 Å². The van der Waals surface area contributed by atoms with Crippen LogP contribution in [0.4, 0.5) is 0 Å². The zero-order valence-corrected chi connectivity index (χ0v) is 7.61. The van der Waals surface area contributed by atoms with Crippen LogP contribution >= 0.6 is 0 Å². The van der Waals surface area contributed by atoms with Crippen molar-refractivity contribution in [3.05, 3.63) is 18.0 Å². The van der Waals surface area contributed by atoms with Crippen LogP contribution in [0.1, 0.15) is 24.6 Å². The van der Waals surface area contributed by atoms with E-state index >= 15 is 0 Å². The van der Waals surface area contributed by atoms with Gasteiger partial charge in [-0.15, -0.1) is 0 Å². The molecule has 1 saturated heterocycles. The molecule has 0 unspecified atom stereocenters. The second-order valence-corrected chi connectivity index (χ2v) is 3.45. The van der Waals surface area contributed by atoms with Crippen LogP contribution in [0.5, 0.6) is 0 Å². The average molecular weight is 181 g/mol. The van der Waals surface area contributed by atoms with Crippen LogP contribution in [-0.4, -0.2) is 28.0 Å². The van der Waals surface area contributed by atoms with E-state index in [2.05, 4.69) is 10.4 Å². The van der Waals surface area contributed by atoms with Gasteiger partial charge in [0.1, 0.15) is 0 Å². The van der Waals surface area contributed by atoms with Gasteiger partial charge in [-0.05, 0) is 25.5 Å². The quantitative estimate of drug-likeness (QED) is 0.690. The first kappa shape index (κ1) is 8.72. The zero-order chi connectivity index (χ0) is 9.10. The lowest BCUT2D eigenvalue weighted by Crippen LogP contribution is -2.31. The van der Waals surface area contributed by atoms with Crippen LogP contribution < -0.4 is 5.32 Å². The Kier molecular flexibility index (Phi) is 2.61. The number of hydrogen-bond acceptors (Lipinski definition) is 3. The number of hydrogen-bond donors (Lipinski definition) is 2. The van der Waals surface area contributed by atoms with Crippen molar-refractivity contribution in [2.24, 2.45) is 0 Å². The van der Waals surface area contributed by atoms with Gasteiger partial charge in [0.25, 0.3) is 0 Å². The predicted octanol–water partition coefficient (Wildman–Crippen LogP) is 0.300. The third-order valence-electron chi connectivity index (χ3n) is 2.47. The summed E-state index contributed by atoms with van der Waals surface area (Å²) in [5.41, 5.74) is 0.755. The highest BCUT2D eigenvalue weighted by atomic mass is 16.3. The number of aliphatic hydroxyl groups excluding tert-OH is 1. The largest absolute Gasteiger partial charge is 0.390 e. The highest BCUT2D eigenvalue weighted by molar-refractivity contribution is 4.98. The lowest BCUT2D eigenvalue weighted by molar-refractivity contribution is 0.271. The van der Waals surface area contributed by atoms with Gasteiger partial charge in [0, 0.05) is 12.7 Å². The van der Waals surface area contributed by atoms with E-state index in [4.69, 9.17) is 5.11 Å². The van der Waals surface area contributed by atoms with Crippen molar-refractivity contribution in [3.63, 3.8) is 0 Å². The van der Waals surface area contributed by atoms with Crippen molar-refractivity contribution in [1.82, 2.24) is 15.1 Å². The Labute approximate surface area is 77.6 Å². The van der Waals surface area contributed by atoms with E-state index in [1.165, 1.54) is 12.8 Å². The van der Waals surface area contributed by atoms with E-state index in [1.54, 1.807) is 0 Å². The summed E-state index contributed by atoms with van der Waals surface area (Å²) < 4.78 is 1.96. The smallest absolute Gasteiger partial charge is 0.0879 e. The molecule has 72 valence electrons.